The summed E-state index contributed by atoms with van der Waals surface area (Å²) in [4.78, 5) is 22.0. The van der Waals surface area contributed by atoms with E-state index in [9.17, 15) is 23.3 Å². The van der Waals surface area contributed by atoms with Gasteiger partial charge in [0.1, 0.15) is 0 Å². The molecule has 23 heavy (non-hydrogen) atoms. The second-order valence-electron chi connectivity index (χ2n) is 4.98. The van der Waals surface area contributed by atoms with Crippen molar-refractivity contribution >= 4 is 21.6 Å². The second-order valence-corrected chi connectivity index (χ2v) is 6.71. The molecule has 0 aliphatic heterocycles. The summed E-state index contributed by atoms with van der Waals surface area (Å²) in [5, 5.41) is 10.6. The van der Waals surface area contributed by atoms with Crippen LogP contribution in [0.4, 0.5) is 5.69 Å². The molecule has 0 aliphatic carbocycles. The number of sulfonamides is 1. The number of hydrogen-bond donors (Lipinski definition) is 1. The molecule has 0 heterocycles. The Balaban J connectivity index is 2.09. The topological polar surface area (TPSA) is 106 Å². The van der Waals surface area contributed by atoms with Gasteiger partial charge in [0.05, 0.1) is 10.7 Å². The fourth-order valence-corrected chi connectivity index (χ4v) is 3.06. The standard InChI is InChI=1S/C15H14N2O5S/c1-11-3-2-4-13(9-11)15(18)16-23(21,22)10-12-5-7-14(8-6-12)17(19)20/h2-9H,10H2,1H3,(H,16,18). The number of hydrogen-bond acceptors (Lipinski definition) is 5. The fraction of sp³-hybridized carbons (Fsp3) is 0.133. The summed E-state index contributed by atoms with van der Waals surface area (Å²) >= 11 is 0. The molecule has 2 aromatic rings. The number of amides is 1. The summed E-state index contributed by atoms with van der Waals surface area (Å²) in [6.45, 7) is 1.79. The minimum Gasteiger partial charge on any atom is -0.268 e. The van der Waals surface area contributed by atoms with E-state index in [2.05, 4.69) is 0 Å². The molecule has 8 heteroatoms. The lowest BCUT2D eigenvalue weighted by atomic mass is 10.1. The molecule has 2 aromatic carbocycles. The predicted molar refractivity (Wildman–Crippen MR) is 84.4 cm³/mol. The summed E-state index contributed by atoms with van der Waals surface area (Å²) in [7, 11) is -3.90. The zero-order valence-electron chi connectivity index (χ0n) is 12.2. The van der Waals surface area contributed by atoms with E-state index < -0.39 is 26.6 Å². The highest BCUT2D eigenvalue weighted by Crippen LogP contribution is 2.14. The molecule has 7 nitrogen and oxygen atoms in total. The Morgan fingerprint density at radius 1 is 1.17 bits per heavy atom. The number of nitro benzene ring substituents is 1. The predicted octanol–water partition coefficient (Wildman–Crippen LogP) is 2.16. The maximum Gasteiger partial charge on any atom is 0.269 e. The highest BCUT2D eigenvalue weighted by molar-refractivity contribution is 7.89. The molecule has 120 valence electrons. The first-order chi connectivity index (χ1) is 10.8. The average molecular weight is 334 g/mol. The van der Waals surface area contributed by atoms with Crippen molar-refractivity contribution in [3.05, 3.63) is 75.3 Å². The number of benzene rings is 2. The summed E-state index contributed by atoms with van der Waals surface area (Å²) in [6.07, 6.45) is 0. The van der Waals surface area contributed by atoms with E-state index in [1.54, 1.807) is 25.1 Å². The van der Waals surface area contributed by atoms with Gasteiger partial charge in [-0.2, -0.15) is 0 Å². The van der Waals surface area contributed by atoms with E-state index >= 15 is 0 Å². The van der Waals surface area contributed by atoms with Gasteiger partial charge in [-0.15, -0.1) is 0 Å². The van der Waals surface area contributed by atoms with Crippen molar-refractivity contribution in [1.82, 2.24) is 4.72 Å². The zero-order chi connectivity index (χ0) is 17.0. The molecule has 0 atom stereocenters. The van der Waals surface area contributed by atoms with E-state index in [1.165, 1.54) is 30.3 Å². The molecule has 1 N–H and O–H groups in total. The van der Waals surface area contributed by atoms with Gasteiger partial charge in [0, 0.05) is 17.7 Å². The van der Waals surface area contributed by atoms with Crippen molar-refractivity contribution in [3.8, 4) is 0 Å². The van der Waals surface area contributed by atoms with Gasteiger partial charge in [0.15, 0.2) is 0 Å². The third-order valence-electron chi connectivity index (χ3n) is 3.03. The minimum atomic E-state index is -3.90. The Hall–Kier alpha value is -2.74. The molecule has 2 rings (SSSR count). The normalized spacial score (nSPS) is 11.0. The lowest BCUT2D eigenvalue weighted by molar-refractivity contribution is -0.384. The fourth-order valence-electron chi connectivity index (χ4n) is 1.96. The largest absolute Gasteiger partial charge is 0.269 e. The van der Waals surface area contributed by atoms with Crippen LogP contribution in [0.15, 0.2) is 48.5 Å². The van der Waals surface area contributed by atoms with Gasteiger partial charge in [-0.3, -0.25) is 14.9 Å². The molecular weight excluding hydrogens is 320 g/mol. The Labute approximate surface area is 133 Å². The Morgan fingerprint density at radius 2 is 1.83 bits per heavy atom. The van der Waals surface area contributed by atoms with Crippen LogP contribution in [0, 0.1) is 17.0 Å². The van der Waals surface area contributed by atoms with Crippen molar-refractivity contribution in [2.45, 2.75) is 12.7 Å². The molecule has 0 aliphatic rings. The van der Waals surface area contributed by atoms with Crippen molar-refractivity contribution < 1.29 is 18.1 Å². The number of carbonyl (C=O) groups excluding carboxylic acids is 1. The lowest BCUT2D eigenvalue weighted by Crippen LogP contribution is -2.31. The first-order valence-corrected chi connectivity index (χ1v) is 8.27. The highest BCUT2D eigenvalue weighted by atomic mass is 32.2. The van der Waals surface area contributed by atoms with Crippen LogP contribution < -0.4 is 4.72 Å². The van der Waals surface area contributed by atoms with Crippen LogP contribution in [0.3, 0.4) is 0 Å². The van der Waals surface area contributed by atoms with Crippen molar-refractivity contribution in [1.29, 1.82) is 0 Å². The van der Waals surface area contributed by atoms with Crippen molar-refractivity contribution in [2.24, 2.45) is 0 Å². The monoisotopic (exact) mass is 334 g/mol. The smallest absolute Gasteiger partial charge is 0.268 e. The zero-order valence-corrected chi connectivity index (χ0v) is 13.0. The second kappa shape index (κ2) is 6.57. The average Bonchev–Trinajstić information content (AvgIpc) is 2.46. The number of carbonyl (C=O) groups is 1. The number of nitro groups is 1. The quantitative estimate of drug-likeness (QED) is 0.666. The lowest BCUT2D eigenvalue weighted by Gasteiger charge is -2.07. The maximum absolute atomic E-state index is 12.0. The van der Waals surface area contributed by atoms with Gasteiger partial charge < -0.3 is 0 Å². The van der Waals surface area contributed by atoms with Gasteiger partial charge in [0.25, 0.3) is 11.6 Å². The van der Waals surface area contributed by atoms with Crippen LogP contribution in [0.1, 0.15) is 21.5 Å². The van der Waals surface area contributed by atoms with Crippen LogP contribution in [0.5, 0.6) is 0 Å². The first kappa shape index (κ1) is 16.6. The third kappa shape index (κ3) is 4.62. The number of nitrogens with zero attached hydrogens (tertiary/aromatic N) is 1. The summed E-state index contributed by atoms with van der Waals surface area (Å²) in [6, 6.07) is 11.7. The SMILES string of the molecule is Cc1cccc(C(=O)NS(=O)(=O)Cc2ccc([N+](=O)[O-])cc2)c1. The molecule has 0 spiro atoms. The molecule has 0 unspecified atom stereocenters. The highest BCUT2D eigenvalue weighted by Gasteiger charge is 2.17. The number of nitrogens with one attached hydrogen (secondary N) is 1. The van der Waals surface area contributed by atoms with Gasteiger partial charge in [-0.25, -0.2) is 13.1 Å². The summed E-state index contributed by atoms with van der Waals surface area (Å²) in [5.74, 6) is -1.15. The van der Waals surface area contributed by atoms with Crippen molar-refractivity contribution in [3.63, 3.8) is 0 Å². The van der Waals surface area contributed by atoms with E-state index in [0.29, 0.717) is 5.56 Å². The summed E-state index contributed by atoms with van der Waals surface area (Å²) in [5.41, 5.74) is 1.30. The Bertz CT molecular complexity index is 844. The molecule has 0 aromatic heterocycles. The molecule has 0 radical (unpaired) electrons. The Morgan fingerprint density at radius 3 is 2.39 bits per heavy atom. The molecule has 1 amide bonds. The minimum absolute atomic E-state index is 0.130. The van der Waals surface area contributed by atoms with Crippen LogP contribution in [0.2, 0.25) is 0 Å². The van der Waals surface area contributed by atoms with E-state index in [1.807, 2.05) is 4.72 Å². The van der Waals surface area contributed by atoms with Crippen LogP contribution in [0.25, 0.3) is 0 Å². The molecule has 0 fully saturated rings. The van der Waals surface area contributed by atoms with E-state index in [0.717, 1.165) is 5.56 Å². The van der Waals surface area contributed by atoms with Gasteiger partial charge in [-0.05, 0) is 24.6 Å². The molecule has 0 saturated carbocycles. The van der Waals surface area contributed by atoms with Gasteiger partial charge in [-0.1, -0.05) is 29.8 Å². The number of non-ortho nitro benzene ring substituents is 1. The van der Waals surface area contributed by atoms with Crippen LogP contribution in [-0.2, 0) is 15.8 Å². The van der Waals surface area contributed by atoms with Gasteiger partial charge in [0.2, 0.25) is 10.0 Å². The first-order valence-electron chi connectivity index (χ1n) is 6.62. The molecular formula is C15H14N2O5S. The Kier molecular flexibility index (Phi) is 4.75. The number of aryl methyl sites for hydroxylation is 1. The maximum atomic E-state index is 12.0. The van der Waals surface area contributed by atoms with Crippen LogP contribution >= 0.6 is 0 Å². The van der Waals surface area contributed by atoms with Gasteiger partial charge >= 0.3 is 0 Å². The van der Waals surface area contributed by atoms with Crippen LogP contribution in [-0.4, -0.2) is 19.2 Å². The summed E-state index contributed by atoms with van der Waals surface area (Å²) < 4.78 is 26.0. The van der Waals surface area contributed by atoms with E-state index in [-0.39, 0.29) is 11.3 Å². The number of rotatable bonds is 5. The molecule has 0 saturated heterocycles. The molecule has 0 bridgehead atoms. The van der Waals surface area contributed by atoms with Crippen molar-refractivity contribution in [2.75, 3.05) is 0 Å². The third-order valence-corrected chi connectivity index (χ3v) is 4.24. The van der Waals surface area contributed by atoms with E-state index in [4.69, 9.17) is 0 Å².